The van der Waals surface area contributed by atoms with E-state index < -0.39 is 11.9 Å². The zero-order valence-corrected chi connectivity index (χ0v) is 15.6. The second-order valence-corrected chi connectivity index (χ2v) is 7.27. The Morgan fingerprint density at radius 2 is 2.07 bits per heavy atom. The zero-order valence-electron chi connectivity index (χ0n) is 14.8. The minimum Gasteiger partial charge on any atom is -0.467 e. The molecule has 1 aliphatic heterocycles. The summed E-state index contributed by atoms with van der Waals surface area (Å²) in [6.07, 6.45) is 3.07. The first-order chi connectivity index (χ1) is 13.1. The first-order valence-corrected chi connectivity index (χ1v) is 9.64. The summed E-state index contributed by atoms with van der Waals surface area (Å²) >= 11 is 1.53. The number of hydrogen-bond acceptors (Lipinski definition) is 6. The van der Waals surface area contributed by atoms with Crippen LogP contribution in [0, 0.1) is 0 Å². The van der Waals surface area contributed by atoms with Crippen molar-refractivity contribution in [2.45, 2.75) is 32.0 Å². The molecule has 4 amide bonds. The molecule has 1 atom stereocenters. The molecular formula is C18H22N4O4S. The van der Waals surface area contributed by atoms with Crippen molar-refractivity contribution in [3.05, 3.63) is 46.5 Å². The van der Waals surface area contributed by atoms with Crippen LogP contribution < -0.4 is 16.0 Å². The van der Waals surface area contributed by atoms with Crippen LogP contribution in [0.4, 0.5) is 4.79 Å². The minimum atomic E-state index is -0.536. The van der Waals surface area contributed by atoms with Gasteiger partial charge in [0.05, 0.1) is 31.9 Å². The lowest BCUT2D eigenvalue weighted by Crippen LogP contribution is -2.49. The lowest BCUT2D eigenvalue weighted by Gasteiger charge is -2.22. The Bertz CT molecular complexity index is 760. The molecule has 3 N–H and O–H groups in total. The van der Waals surface area contributed by atoms with E-state index in [1.54, 1.807) is 23.3 Å². The van der Waals surface area contributed by atoms with E-state index in [1.807, 2.05) is 17.5 Å². The molecule has 27 heavy (non-hydrogen) atoms. The van der Waals surface area contributed by atoms with E-state index in [9.17, 15) is 14.4 Å². The average Bonchev–Trinajstić information content (AvgIpc) is 3.39. The van der Waals surface area contributed by atoms with Crippen LogP contribution >= 0.6 is 11.3 Å². The van der Waals surface area contributed by atoms with Crippen molar-refractivity contribution in [1.82, 2.24) is 20.9 Å². The molecule has 1 saturated heterocycles. The second-order valence-electron chi connectivity index (χ2n) is 6.24. The molecule has 2 aromatic rings. The number of hydrogen-bond donors (Lipinski definition) is 3. The Morgan fingerprint density at radius 1 is 1.19 bits per heavy atom. The smallest absolute Gasteiger partial charge is 0.321 e. The number of carbonyl (C=O) groups is 3. The molecule has 1 fully saturated rings. The van der Waals surface area contributed by atoms with E-state index >= 15 is 0 Å². The second kappa shape index (κ2) is 9.33. The van der Waals surface area contributed by atoms with E-state index in [-0.39, 0.29) is 18.5 Å². The van der Waals surface area contributed by atoms with Crippen LogP contribution in [0.3, 0.4) is 0 Å². The van der Waals surface area contributed by atoms with Gasteiger partial charge in [0.2, 0.25) is 11.8 Å². The molecule has 0 aromatic carbocycles. The Kier molecular flexibility index (Phi) is 6.61. The van der Waals surface area contributed by atoms with Crippen molar-refractivity contribution in [3.8, 4) is 0 Å². The van der Waals surface area contributed by atoms with Gasteiger partial charge >= 0.3 is 6.03 Å². The highest BCUT2D eigenvalue weighted by Crippen LogP contribution is 2.17. The number of thiophene rings is 1. The number of nitrogens with zero attached hydrogens (tertiary/aromatic N) is 1. The van der Waals surface area contributed by atoms with Crippen LogP contribution in [0.2, 0.25) is 0 Å². The molecule has 2 aromatic heterocycles. The normalized spacial score (nSPS) is 16.8. The van der Waals surface area contributed by atoms with Crippen molar-refractivity contribution in [1.29, 1.82) is 0 Å². The van der Waals surface area contributed by atoms with Crippen LogP contribution in [-0.2, 0) is 22.7 Å². The Labute approximate surface area is 160 Å². The third-order valence-corrected chi connectivity index (χ3v) is 5.16. The lowest BCUT2D eigenvalue weighted by molar-refractivity contribution is -0.127. The van der Waals surface area contributed by atoms with E-state index in [4.69, 9.17) is 4.42 Å². The quantitative estimate of drug-likeness (QED) is 0.664. The molecule has 0 saturated carbocycles. The van der Waals surface area contributed by atoms with Crippen LogP contribution in [0.5, 0.6) is 0 Å². The van der Waals surface area contributed by atoms with Crippen molar-refractivity contribution in [2.24, 2.45) is 0 Å². The highest BCUT2D eigenvalue weighted by atomic mass is 32.1. The minimum absolute atomic E-state index is 0.00522. The molecule has 1 aliphatic rings. The number of rotatable bonds is 7. The molecule has 0 radical (unpaired) electrons. The third kappa shape index (κ3) is 5.66. The van der Waals surface area contributed by atoms with Crippen molar-refractivity contribution >= 4 is 29.2 Å². The highest BCUT2D eigenvalue weighted by Gasteiger charge is 2.32. The maximum Gasteiger partial charge on any atom is 0.321 e. The van der Waals surface area contributed by atoms with E-state index in [0.717, 1.165) is 11.3 Å². The van der Waals surface area contributed by atoms with Gasteiger partial charge in [-0.25, -0.2) is 4.79 Å². The molecule has 9 heteroatoms. The van der Waals surface area contributed by atoms with Gasteiger partial charge in [-0.05, 0) is 43.0 Å². The Hall–Kier alpha value is -2.65. The topological polar surface area (TPSA) is 104 Å². The molecule has 3 rings (SSSR count). The maximum atomic E-state index is 12.4. The van der Waals surface area contributed by atoms with E-state index in [0.29, 0.717) is 31.8 Å². The van der Waals surface area contributed by atoms with Gasteiger partial charge in [-0.15, -0.1) is 11.3 Å². The van der Waals surface area contributed by atoms with Crippen LogP contribution in [0.15, 0.2) is 40.3 Å². The van der Waals surface area contributed by atoms with Gasteiger partial charge in [0.15, 0.2) is 0 Å². The van der Waals surface area contributed by atoms with E-state index in [1.165, 1.54) is 11.3 Å². The summed E-state index contributed by atoms with van der Waals surface area (Å²) in [6.45, 7) is 1.33. The van der Waals surface area contributed by atoms with E-state index in [2.05, 4.69) is 16.0 Å². The summed E-state index contributed by atoms with van der Waals surface area (Å²) in [7, 11) is 0. The number of furan rings is 1. The number of nitrogens with one attached hydrogen (secondary N) is 3. The summed E-state index contributed by atoms with van der Waals surface area (Å²) in [4.78, 5) is 39.1. The fourth-order valence-corrected chi connectivity index (χ4v) is 3.64. The highest BCUT2D eigenvalue weighted by molar-refractivity contribution is 7.09. The molecule has 0 aliphatic carbocycles. The number of carbonyl (C=O) groups excluding carboxylic acids is 3. The lowest BCUT2D eigenvalue weighted by atomic mass is 10.2. The fourth-order valence-electron chi connectivity index (χ4n) is 2.99. The molecule has 0 bridgehead atoms. The van der Waals surface area contributed by atoms with Crippen molar-refractivity contribution < 1.29 is 18.8 Å². The first-order valence-electron chi connectivity index (χ1n) is 8.76. The van der Waals surface area contributed by atoms with Gasteiger partial charge in [0.1, 0.15) is 5.76 Å². The average molecular weight is 390 g/mol. The summed E-state index contributed by atoms with van der Waals surface area (Å²) in [6, 6.07) is 6.44. The number of likely N-dealkylation sites (tertiary alicyclic amines) is 1. The molecule has 3 heterocycles. The first kappa shape index (κ1) is 19.1. The predicted octanol–water partition coefficient (Wildman–Crippen LogP) is 1.45. The zero-order chi connectivity index (χ0) is 19.1. The fraction of sp³-hybridized carbons (Fsp3) is 0.389. The molecular weight excluding hydrogens is 368 g/mol. The van der Waals surface area contributed by atoms with Gasteiger partial charge < -0.3 is 15.1 Å². The maximum absolute atomic E-state index is 12.4. The van der Waals surface area contributed by atoms with Crippen LogP contribution in [-0.4, -0.2) is 41.9 Å². The molecule has 0 spiro atoms. The standard InChI is InChI=1S/C18H22N4O4S/c23-16(21-18(25)20-11-14-5-3-9-27-14)12-22-7-1-6-15(22)17(24)19-10-13-4-2-8-26-13/h2-5,8-9,15H,1,6-7,10-12H2,(H,19,24)(H2,20,21,23,25). The summed E-state index contributed by atoms with van der Waals surface area (Å²) in [5, 5.41) is 9.70. The summed E-state index contributed by atoms with van der Waals surface area (Å²) in [5.41, 5.74) is 0. The van der Waals surface area contributed by atoms with Gasteiger partial charge in [-0.3, -0.25) is 19.8 Å². The number of urea groups is 1. The number of amides is 4. The summed E-state index contributed by atoms with van der Waals surface area (Å²) in [5.74, 6) is 0.108. The molecule has 144 valence electrons. The SMILES string of the molecule is O=C(CN1CCCC1C(=O)NCc1ccco1)NC(=O)NCc1cccs1. The van der Waals surface area contributed by atoms with Gasteiger partial charge in [0.25, 0.3) is 0 Å². The largest absolute Gasteiger partial charge is 0.467 e. The van der Waals surface area contributed by atoms with Gasteiger partial charge in [-0.1, -0.05) is 6.07 Å². The van der Waals surface area contributed by atoms with Crippen LogP contribution in [0.25, 0.3) is 0 Å². The van der Waals surface area contributed by atoms with Crippen molar-refractivity contribution in [3.63, 3.8) is 0 Å². The van der Waals surface area contributed by atoms with Crippen LogP contribution in [0.1, 0.15) is 23.5 Å². The van der Waals surface area contributed by atoms with Gasteiger partial charge in [-0.2, -0.15) is 0 Å². The molecule has 8 nitrogen and oxygen atoms in total. The molecule has 1 unspecified atom stereocenters. The van der Waals surface area contributed by atoms with Gasteiger partial charge in [0, 0.05) is 4.88 Å². The number of imide groups is 1. The summed E-state index contributed by atoms with van der Waals surface area (Å²) < 4.78 is 5.20. The van der Waals surface area contributed by atoms with Crippen molar-refractivity contribution in [2.75, 3.05) is 13.1 Å². The monoisotopic (exact) mass is 390 g/mol. The Balaban J connectivity index is 1.41. The predicted molar refractivity (Wildman–Crippen MR) is 99.8 cm³/mol. The third-order valence-electron chi connectivity index (χ3n) is 4.29. The Morgan fingerprint density at radius 3 is 2.81 bits per heavy atom.